The minimum absolute atomic E-state index is 0.0907. The molecule has 0 aliphatic heterocycles. The number of aromatic hydroxyl groups is 1. The van der Waals surface area contributed by atoms with Crippen molar-refractivity contribution in [2.24, 2.45) is 5.73 Å². The maximum Gasteiger partial charge on any atom is 0.161 e. The van der Waals surface area contributed by atoms with E-state index in [9.17, 15) is 5.11 Å². The van der Waals surface area contributed by atoms with Gasteiger partial charge in [-0.25, -0.2) is 0 Å². The van der Waals surface area contributed by atoms with Crippen LogP contribution in [0.3, 0.4) is 0 Å². The summed E-state index contributed by atoms with van der Waals surface area (Å²) in [6.07, 6.45) is 2.12. The van der Waals surface area contributed by atoms with E-state index in [0.29, 0.717) is 12.4 Å². The van der Waals surface area contributed by atoms with Crippen molar-refractivity contribution in [2.45, 2.75) is 44.6 Å². The highest BCUT2D eigenvalue weighted by molar-refractivity contribution is 5.46. The molecule has 0 bridgehead atoms. The van der Waals surface area contributed by atoms with Crippen molar-refractivity contribution >= 4 is 0 Å². The lowest BCUT2D eigenvalue weighted by atomic mass is 9.76. The molecule has 3 N–H and O–H groups in total. The molecule has 17 heavy (non-hydrogen) atoms. The maximum absolute atomic E-state index is 9.69. The van der Waals surface area contributed by atoms with Crippen LogP contribution in [0.15, 0.2) is 18.2 Å². The molecule has 0 unspecified atom stereocenters. The van der Waals surface area contributed by atoms with E-state index < -0.39 is 0 Å². The first-order chi connectivity index (χ1) is 7.90. The molecule has 1 aliphatic carbocycles. The Bertz CT molecular complexity index is 422. The first-order valence-electron chi connectivity index (χ1n) is 6.16. The lowest BCUT2D eigenvalue weighted by molar-refractivity contribution is 0.315. The van der Waals surface area contributed by atoms with Crippen LogP contribution in [0.5, 0.6) is 11.5 Å². The van der Waals surface area contributed by atoms with E-state index in [0.717, 1.165) is 18.4 Å². The van der Waals surface area contributed by atoms with Crippen LogP contribution in [0.1, 0.15) is 39.2 Å². The van der Waals surface area contributed by atoms with E-state index in [4.69, 9.17) is 10.5 Å². The van der Waals surface area contributed by atoms with Crippen LogP contribution in [0.25, 0.3) is 0 Å². The van der Waals surface area contributed by atoms with Crippen molar-refractivity contribution in [3.63, 3.8) is 0 Å². The highest BCUT2D eigenvalue weighted by Crippen LogP contribution is 2.50. The van der Waals surface area contributed by atoms with Gasteiger partial charge in [-0.15, -0.1) is 0 Å². The Balaban J connectivity index is 2.36. The van der Waals surface area contributed by atoms with Gasteiger partial charge in [0, 0.05) is 11.0 Å². The minimum atomic E-state index is -0.104. The van der Waals surface area contributed by atoms with Gasteiger partial charge in [0.25, 0.3) is 0 Å². The molecule has 1 fully saturated rings. The van der Waals surface area contributed by atoms with Crippen LogP contribution in [0, 0.1) is 0 Å². The lowest BCUT2D eigenvalue weighted by Crippen LogP contribution is -2.43. The molecule has 0 atom stereocenters. The van der Waals surface area contributed by atoms with Crippen LogP contribution < -0.4 is 10.5 Å². The predicted octanol–water partition coefficient (Wildman–Crippen LogP) is 2.56. The third kappa shape index (κ3) is 2.00. The predicted molar refractivity (Wildman–Crippen MR) is 68.5 cm³/mol. The number of nitrogens with two attached hydrogens (primary N) is 1. The number of rotatable bonds is 4. The number of phenolic OH excluding ortho intramolecular Hbond substituents is 1. The van der Waals surface area contributed by atoms with Gasteiger partial charge in [-0.3, -0.25) is 0 Å². The SMILES string of the molecule is CCOc1cc(C(C)(C)C2(N)CC2)ccc1O. The zero-order valence-corrected chi connectivity index (χ0v) is 10.8. The second-order valence-corrected chi connectivity index (χ2v) is 5.40. The summed E-state index contributed by atoms with van der Waals surface area (Å²) in [6, 6.07) is 5.53. The van der Waals surface area contributed by atoms with E-state index in [1.165, 1.54) is 0 Å². The Morgan fingerprint density at radius 3 is 2.59 bits per heavy atom. The largest absolute Gasteiger partial charge is 0.504 e. The van der Waals surface area contributed by atoms with Gasteiger partial charge in [-0.1, -0.05) is 19.9 Å². The quantitative estimate of drug-likeness (QED) is 0.843. The van der Waals surface area contributed by atoms with Gasteiger partial charge in [-0.05, 0) is 37.5 Å². The van der Waals surface area contributed by atoms with Crippen molar-refractivity contribution in [1.82, 2.24) is 0 Å². The van der Waals surface area contributed by atoms with E-state index in [1.807, 2.05) is 19.1 Å². The van der Waals surface area contributed by atoms with Gasteiger partial charge in [0.15, 0.2) is 11.5 Å². The fourth-order valence-corrected chi connectivity index (χ4v) is 2.22. The second-order valence-electron chi connectivity index (χ2n) is 5.40. The standard InChI is InChI=1S/C14H21NO2/c1-4-17-12-9-10(5-6-11(12)16)13(2,3)14(15)7-8-14/h5-6,9,16H,4,7-8,15H2,1-3H3. The smallest absolute Gasteiger partial charge is 0.161 e. The Hall–Kier alpha value is -1.22. The summed E-state index contributed by atoms with van der Waals surface area (Å²) in [6.45, 7) is 6.76. The zero-order valence-electron chi connectivity index (χ0n) is 10.8. The van der Waals surface area contributed by atoms with Gasteiger partial charge in [0.2, 0.25) is 0 Å². The second kappa shape index (κ2) is 3.91. The van der Waals surface area contributed by atoms with Crippen molar-refractivity contribution in [3.05, 3.63) is 23.8 Å². The van der Waals surface area contributed by atoms with E-state index in [1.54, 1.807) is 6.07 Å². The van der Waals surface area contributed by atoms with E-state index >= 15 is 0 Å². The van der Waals surface area contributed by atoms with E-state index in [-0.39, 0.29) is 16.7 Å². The topological polar surface area (TPSA) is 55.5 Å². The summed E-state index contributed by atoms with van der Waals surface area (Å²) >= 11 is 0. The average molecular weight is 235 g/mol. The summed E-state index contributed by atoms with van der Waals surface area (Å²) in [5.74, 6) is 0.732. The third-order valence-electron chi connectivity index (χ3n) is 4.01. The van der Waals surface area contributed by atoms with Crippen LogP contribution in [-0.2, 0) is 5.41 Å². The Morgan fingerprint density at radius 1 is 1.41 bits per heavy atom. The van der Waals surface area contributed by atoms with E-state index in [2.05, 4.69) is 13.8 Å². The molecular formula is C14H21NO2. The molecule has 0 spiro atoms. The number of hydrogen-bond donors (Lipinski definition) is 2. The van der Waals surface area contributed by atoms with Gasteiger partial charge in [0.1, 0.15) is 0 Å². The molecule has 0 heterocycles. The lowest BCUT2D eigenvalue weighted by Gasteiger charge is -2.32. The van der Waals surface area contributed by atoms with Crippen molar-refractivity contribution < 1.29 is 9.84 Å². The average Bonchev–Trinajstić information content (AvgIpc) is 3.01. The van der Waals surface area contributed by atoms with Crippen molar-refractivity contribution in [1.29, 1.82) is 0 Å². The van der Waals surface area contributed by atoms with Crippen LogP contribution in [0.2, 0.25) is 0 Å². The van der Waals surface area contributed by atoms with Gasteiger partial charge in [-0.2, -0.15) is 0 Å². The van der Waals surface area contributed by atoms with Crippen molar-refractivity contribution in [3.8, 4) is 11.5 Å². The Labute approximate surface area is 103 Å². The molecule has 3 nitrogen and oxygen atoms in total. The molecule has 1 aromatic carbocycles. The first-order valence-corrected chi connectivity index (χ1v) is 6.16. The van der Waals surface area contributed by atoms with Gasteiger partial charge >= 0.3 is 0 Å². The summed E-state index contributed by atoms with van der Waals surface area (Å²) < 4.78 is 5.41. The number of hydrogen-bond acceptors (Lipinski definition) is 3. The Morgan fingerprint density at radius 2 is 2.06 bits per heavy atom. The molecule has 94 valence electrons. The fourth-order valence-electron chi connectivity index (χ4n) is 2.22. The molecule has 1 saturated carbocycles. The molecule has 0 radical (unpaired) electrons. The summed E-state index contributed by atoms with van der Waals surface area (Å²) in [5.41, 5.74) is 7.24. The molecule has 1 aromatic rings. The molecule has 0 saturated heterocycles. The Kier molecular flexibility index (Phi) is 2.82. The van der Waals surface area contributed by atoms with Crippen molar-refractivity contribution in [2.75, 3.05) is 6.61 Å². The molecule has 2 rings (SSSR count). The summed E-state index contributed by atoms with van der Waals surface area (Å²) in [7, 11) is 0. The first kappa shape index (κ1) is 12.2. The minimum Gasteiger partial charge on any atom is -0.504 e. The van der Waals surface area contributed by atoms with Gasteiger partial charge in [0.05, 0.1) is 6.61 Å². The van der Waals surface area contributed by atoms with Crippen LogP contribution in [0.4, 0.5) is 0 Å². The highest BCUT2D eigenvalue weighted by Gasteiger charge is 2.51. The number of benzene rings is 1. The van der Waals surface area contributed by atoms with Crippen LogP contribution in [-0.4, -0.2) is 17.3 Å². The molecule has 0 aromatic heterocycles. The maximum atomic E-state index is 9.69. The zero-order chi connectivity index (χ0) is 12.7. The fraction of sp³-hybridized carbons (Fsp3) is 0.571. The molecule has 0 amide bonds. The molecule has 1 aliphatic rings. The monoisotopic (exact) mass is 235 g/mol. The third-order valence-corrected chi connectivity index (χ3v) is 4.01. The normalized spacial score (nSPS) is 17.9. The highest BCUT2D eigenvalue weighted by atomic mass is 16.5. The van der Waals surface area contributed by atoms with Gasteiger partial charge < -0.3 is 15.6 Å². The summed E-state index contributed by atoms with van der Waals surface area (Å²) in [4.78, 5) is 0. The number of phenols is 1. The molecular weight excluding hydrogens is 214 g/mol. The molecule has 3 heteroatoms. The summed E-state index contributed by atoms with van der Waals surface area (Å²) in [5, 5.41) is 9.69. The van der Waals surface area contributed by atoms with Crippen LogP contribution >= 0.6 is 0 Å². The number of ether oxygens (including phenoxy) is 1.